The Bertz CT molecular complexity index is 1670. The molecule has 426 valence electrons. The van der Waals surface area contributed by atoms with E-state index in [2.05, 4.69) is 106 Å². The Hall–Kier alpha value is -4.36. The predicted molar refractivity (Wildman–Crippen MR) is 303 cm³/mol. The van der Waals surface area contributed by atoms with Crippen LogP contribution in [-0.2, 0) is 42.9 Å². The smallest absolute Gasteiger partial charge is 0.335 e. The van der Waals surface area contributed by atoms with Crippen molar-refractivity contribution in [2.45, 2.75) is 263 Å². The summed E-state index contributed by atoms with van der Waals surface area (Å²) in [6, 6.07) is 0. The number of aliphatic hydroxyl groups excluding tert-OH is 2. The van der Waals surface area contributed by atoms with Gasteiger partial charge in [0.25, 0.3) is 0 Å². The van der Waals surface area contributed by atoms with E-state index >= 15 is 0 Å². The second-order valence-electron chi connectivity index (χ2n) is 19.5. The van der Waals surface area contributed by atoms with Crippen molar-refractivity contribution in [3.8, 4) is 0 Å². The van der Waals surface area contributed by atoms with Crippen LogP contribution in [0.4, 0.5) is 0 Å². The molecule has 1 rings (SSSR count). The second-order valence-corrected chi connectivity index (χ2v) is 19.5. The van der Waals surface area contributed by atoms with Gasteiger partial charge in [-0.2, -0.15) is 0 Å². The lowest BCUT2D eigenvalue weighted by Crippen LogP contribution is -2.61. The van der Waals surface area contributed by atoms with Crippen LogP contribution in [0.15, 0.2) is 97.2 Å². The number of ether oxygens (including phenoxy) is 5. The molecule has 0 amide bonds. The first-order valence-electron chi connectivity index (χ1n) is 29.2. The van der Waals surface area contributed by atoms with E-state index in [1.807, 2.05) is 12.2 Å². The molecule has 0 spiro atoms. The van der Waals surface area contributed by atoms with Crippen molar-refractivity contribution < 1.29 is 58.2 Å². The lowest BCUT2D eigenvalue weighted by Gasteiger charge is -2.40. The molecule has 12 nitrogen and oxygen atoms in total. The molecule has 0 aromatic heterocycles. The second kappa shape index (κ2) is 50.5. The van der Waals surface area contributed by atoms with Gasteiger partial charge in [-0.3, -0.25) is 14.4 Å². The molecule has 75 heavy (non-hydrogen) atoms. The molecule has 0 radical (unpaired) electrons. The quantitative estimate of drug-likeness (QED) is 0.0228. The van der Waals surface area contributed by atoms with E-state index in [1.165, 1.54) is 51.4 Å². The van der Waals surface area contributed by atoms with Crippen LogP contribution in [0.25, 0.3) is 0 Å². The van der Waals surface area contributed by atoms with Gasteiger partial charge >= 0.3 is 23.9 Å². The van der Waals surface area contributed by atoms with Gasteiger partial charge in [0.2, 0.25) is 0 Å². The van der Waals surface area contributed by atoms with Gasteiger partial charge in [-0.05, 0) is 109 Å². The zero-order chi connectivity index (χ0) is 54.7. The summed E-state index contributed by atoms with van der Waals surface area (Å²) in [5.74, 6) is -3.23. The fraction of sp³-hybridized carbons (Fsp3) is 0.683. The molecule has 0 aliphatic carbocycles. The summed E-state index contributed by atoms with van der Waals surface area (Å²) >= 11 is 0. The molecule has 0 aromatic rings. The van der Waals surface area contributed by atoms with Gasteiger partial charge in [0, 0.05) is 19.3 Å². The van der Waals surface area contributed by atoms with Crippen molar-refractivity contribution in [2.24, 2.45) is 0 Å². The lowest BCUT2D eigenvalue weighted by molar-refractivity contribution is -0.301. The minimum atomic E-state index is -1.93. The van der Waals surface area contributed by atoms with Gasteiger partial charge in [-0.1, -0.05) is 195 Å². The standard InChI is InChI=1S/C63H102O12/c1-4-7-10-13-16-19-22-24-26-28-30-32-35-37-40-43-46-49-55(64)71-52-54(73-56(65)50-47-44-41-38-34-21-18-15-12-9-6-3)53-72-63-61(59(68)58(67)60(75-63)62(69)70)74-57(66)51-48-45-42-39-36-33-31-29-27-25-23-20-17-14-11-8-5-2/h8,11,15-20,24-27,31,33,39,42,54,58-61,63,67-68H,4-7,9-10,12-14,21-23,28-30,32,34-38,40-41,43-53H2,1-3H3,(H,69,70)/b11-8-,18-15-,19-16-,20-17-,26-24-,27-25-,33-31-,42-39-. The monoisotopic (exact) mass is 1050 g/mol. The molecule has 0 saturated carbocycles. The van der Waals surface area contributed by atoms with Crippen LogP contribution in [0.1, 0.15) is 226 Å². The fourth-order valence-electron chi connectivity index (χ4n) is 8.12. The zero-order valence-corrected chi connectivity index (χ0v) is 46.8. The summed E-state index contributed by atoms with van der Waals surface area (Å²) in [5, 5.41) is 31.4. The number of carboxylic acids is 1. The molecule has 1 fully saturated rings. The molecule has 6 unspecified atom stereocenters. The number of aliphatic carboxylic acids is 1. The van der Waals surface area contributed by atoms with Gasteiger partial charge in [-0.25, -0.2) is 4.79 Å². The fourth-order valence-corrected chi connectivity index (χ4v) is 8.12. The molecule has 1 aliphatic rings. The highest BCUT2D eigenvalue weighted by atomic mass is 16.7. The maximum atomic E-state index is 13.1. The van der Waals surface area contributed by atoms with E-state index in [9.17, 15) is 34.5 Å². The molecule has 12 heteroatoms. The third kappa shape index (κ3) is 40.6. The predicted octanol–water partition coefficient (Wildman–Crippen LogP) is 14.9. The zero-order valence-electron chi connectivity index (χ0n) is 46.8. The molecule has 1 heterocycles. The highest BCUT2D eigenvalue weighted by Gasteiger charge is 2.50. The van der Waals surface area contributed by atoms with Gasteiger partial charge < -0.3 is 39.0 Å². The third-order valence-corrected chi connectivity index (χ3v) is 12.6. The number of carbonyl (C=O) groups is 4. The highest BCUT2D eigenvalue weighted by Crippen LogP contribution is 2.26. The molecule has 1 aliphatic heterocycles. The first-order valence-corrected chi connectivity index (χ1v) is 29.2. The molecular weight excluding hydrogens is 949 g/mol. The van der Waals surface area contributed by atoms with Crippen LogP contribution >= 0.6 is 0 Å². The molecule has 6 atom stereocenters. The van der Waals surface area contributed by atoms with Gasteiger partial charge in [-0.15, -0.1) is 0 Å². The molecule has 0 bridgehead atoms. The van der Waals surface area contributed by atoms with Crippen molar-refractivity contribution in [2.75, 3.05) is 13.2 Å². The topological polar surface area (TPSA) is 175 Å². The minimum absolute atomic E-state index is 0.0232. The Balaban J connectivity index is 2.72. The number of allylic oxidation sites excluding steroid dienone is 16. The lowest BCUT2D eigenvalue weighted by atomic mass is 9.98. The van der Waals surface area contributed by atoms with E-state index in [-0.39, 0.29) is 25.9 Å². The van der Waals surface area contributed by atoms with E-state index in [1.54, 1.807) is 0 Å². The normalized spacial score (nSPS) is 18.9. The maximum Gasteiger partial charge on any atom is 0.335 e. The summed E-state index contributed by atoms with van der Waals surface area (Å²) in [5.41, 5.74) is 0. The number of unbranched alkanes of at least 4 members (excludes halogenated alkanes) is 18. The third-order valence-electron chi connectivity index (χ3n) is 12.6. The van der Waals surface area contributed by atoms with Crippen LogP contribution < -0.4 is 0 Å². The number of hydrogen-bond acceptors (Lipinski definition) is 11. The van der Waals surface area contributed by atoms with Crippen LogP contribution in [-0.4, -0.2) is 89.2 Å². The molecular formula is C63H102O12. The Labute approximate surface area is 453 Å². The number of carboxylic acid groups (broad SMARTS) is 1. The molecule has 1 saturated heterocycles. The van der Waals surface area contributed by atoms with Gasteiger partial charge in [0.05, 0.1) is 6.61 Å². The van der Waals surface area contributed by atoms with E-state index < -0.39 is 67.3 Å². The van der Waals surface area contributed by atoms with E-state index in [0.717, 1.165) is 109 Å². The van der Waals surface area contributed by atoms with Crippen LogP contribution in [0.3, 0.4) is 0 Å². The van der Waals surface area contributed by atoms with E-state index in [0.29, 0.717) is 25.7 Å². The first kappa shape index (κ1) is 68.7. The summed E-state index contributed by atoms with van der Waals surface area (Å²) < 4.78 is 28.3. The van der Waals surface area contributed by atoms with Crippen LogP contribution in [0.5, 0.6) is 0 Å². The largest absolute Gasteiger partial charge is 0.479 e. The van der Waals surface area contributed by atoms with Gasteiger partial charge in [0.1, 0.15) is 18.8 Å². The first-order chi connectivity index (χ1) is 36.6. The van der Waals surface area contributed by atoms with Crippen molar-refractivity contribution >= 4 is 23.9 Å². The Morgan fingerprint density at radius 1 is 0.453 bits per heavy atom. The van der Waals surface area contributed by atoms with Crippen LogP contribution in [0.2, 0.25) is 0 Å². The SMILES string of the molecule is CC/C=C\C/C=C\C/C=C\C/C=C\C/C=C\CCCC(=O)OC1C(OCC(COC(=O)CCCCCCCCC/C=C\C/C=C\CCCCC)OC(=O)CCCCCCC/C=C\CCCC)OC(C(=O)O)C(O)C1O. The van der Waals surface area contributed by atoms with Crippen molar-refractivity contribution in [1.82, 2.24) is 0 Å². The number of aliphatic hydroxyl groups is 2. The average molecular weight is 1050 g/mol. The Morgan fingerprint density at radius 3 is 1.37 bits per heavy atom. The summed E-state index contributed by atoms with van der Waals surface area (Å²) in [4.78, 5) is 51.0. The Morgan fingerprint density at radius 2 is 0.867 bits per heavy atom. The van der Waals surface area contributed by atoms with Crippen molar-refractivity contribution in [1.29, 1.82) is 0 Å². The summed E-state index contributed by atoms with van der Waals surface area (Å²) in [6.45, 7) is 5.76. The Kier molecular flexibility index (Phi) is 46.2. The minimum Gasteiger partial charge on any atom is -0.479 e. The maximum absolute atomic E-state index is 13.1. The van der Waals surface area contributed by atoms with Crippen molar-refractivity contribution in [3.05, 3.63) is 97.2 Å². The summed E-state index contributed by atoms with van der Waals surface area (Å²) in [7, 11) is 0. The summed E-state index contributed by atoms with van der Waals surface area (Å²) in [6.07, 6.45) is 53.8. The molecule has 0 aromatic carbocycles. The number of carbonyl (C=O) groups excluding carboxylic acids is 3. The number of esters is 3. The number of hydrogen-bond donors (Lipinski definition) is 3. The van der Waals surface area contributed by atoms with Crippen molar-refractivity contribution in [3.63, 3.8) is 0 Å². The average Bonchev–Trinajstić information content (AvgIpc) is 3.39. The van der Waals surface area contributed by atoms with E-state index in [4.69, 9.17) is 23.7 Å². The van der Waals surface area contributed by atoms with Gasteiger partial charge in [0.15, 0.2) is 24.6 Å². The number of rotatable bonds is 48. The van der Waals surface area contributed by atoms with Crippen LogP contribution in [0, 0.1) is 0 Å². The highest BCUT2D eigenvalue weighted by molar-refractivity contribution is 5.74. The molecule has 3 N–H and O–H groups in total.